The van der Waals surface area contributed by atoms with Gasteiger partial charge in [-0.15, -0.1) is 0 Å². The van der Waals surface area contributed by atoms with Gasteiger partial charge >= 0.3 is 0 Å². The lowest BCUT2D eigenvalue weighted by Gasteiger charge is -2.15. The van der Waals surface area contributed by atoms with Gasteiger partial charge in [-0.3, -0.25) is 4.99 Å². The van der Waals surface area contributed by atoms with E-state index in [1.54, 1.807) is 7.05 Å². The second-order valence-electron chi connectivity index (χ2n) is 5.26. The summed E-state index contributed by atoms with van der Waals surface area (Å²) < 4.78 is 5.25. The van der Waals surface area contributed by atoms with Crippen LogP contribution in [0.1, 0.15) is 36.8 Å². The highest BCUT2D eigenvalue weighted by molar-refractivity contribution is 5.79. The molecule has 0 aliphatic carbocycles. The van der Waals surface area contributed by atoms with Gasteiger partial charge in [0.15, 0.2) is 11.7 Å². The average Bonchev–Trinajstić information content (AvgIpc) is 3.03. The zero-order valence-electron chi connectivity index (χ0n) is 13.5. The summed E-state index contributed by atoms with van der Waals surface area (Å²) in [5, 5.41) is 10.5. The second-order valence-corrected chi connectivity index (χ2v) is 5.26. The molecule has 1 unspecified atom stereocenters. The summed E-state index contributed by atoms with van der Waals surface area (Å²) in [5.74, 6) is 1.99. The fourth-order valence-corrected chi connectivity index (χ4v) is 2.15. The first-order chi connectivity index (χ1) is 10.7. The number of benzene rings is 1. The third kappa shape index (κ3) is 4.62. The molecule has 0 bridgehead atoms. The van der Waals surface area contributed by atoms with Crippen LogP contribution in [0.15, 0.2) is 45.9 Å². The van der Waals surface area contributed by atoms with Crippen LogP contribution in [0.25, 0.3) is 0 Å². The summed E-state index contributed by atoms with van der Waals surface area (Å²) in [6.07, 6.45) is 0.880. The van der Waals surface area contributed by atoms with E-state index in [9.17, 15) is 0 Å². The van der Waals surface area contributed by atoms with Crippen molar-refractivity contribution in [1.82, 2.24) is 15.8 Å². The topological polar surface area (TPSA) is 62.5 Å². The van der Waals surface area contributed by atoms with E-state index in [2.05, 4.69) is 58.9 Å². The standard InChI is InChI=1S/C17H24N4O/c1-4-15-10-16(22-21-15)12-20-17(18-3)19-11-13(2)14-8-6-5-7-9-14/h5-10,13H,4,11-12H2,1-3H3,(H2,18,19,20). The number of rotatable bonds is 6. The van der Waals surface area contributed by atoms with Crippen molar-refractivity contribution in [3.05, 3.63) is 53.4 Å². The van der Waals surface area contributed by atoms with E-state index in [0.29, 0.717) is 12.5 Å². The van der Waals surface area contributed by atoms with Crippen LogP contribution in [0.2, 0.25) is 0 Å². The molecule has 0 radical (unpaired) electrons. The number of hydrogen-bond acceptors (Lipinski definition) is 3. The molecule has 22 heavy (non-hydrogen) atoms. The molecule has 0 fully saturated rings. The number of nitrogens with zero attached hydrogens (tertiary/aromatic N) is 2. The first-order valence-corrected chi connectivity index (χ1v) is 7.66. The van der Waals surface area contributed by atoms with Crippen LogP contribution < -0.4 is 10.6 Å². The molecule has 0 saturated carbocycles. The minimum atomic E-state index is 0.414. The van der Waals surface area contributed by atoms with Crippen molar-refractivity contribution < 1.29 is 4.52 Å². The van der Waals surface area contributed by atoms with Crippen LogP contribution >= 0.6 is 0 Å². The lowest BCUT2D eigenvalue weighted by molar-refractivity contribution is 0.374. The summed E-state index contributed by atoms with van der Waals surface area (Å²) in [6, 6.07) is 12.4. The van der Waals surface area contributed by atoms with Crippen LogP contribution in [-0.4, -0.2) is 24.7 Å². The zero-order valence-corrected chi connectivity index (χ0v) is 13.5. The van der Waals surface area contributed by atoms with Gasteiger partial charge in [-0.1, -0.05) is 49.3 Å². The van der Waals surface area contributed by atoms with Crippen molar-refractivity contribution in [2.24, 2.45) is 4.99 Å². The highest BCUT2D eigenvalue weighted by Gasteiger charge is 2.07. The predicted octanol–water partition coefficient (Wildman–Crippen LogP) is 2.71. The summed E-state index contributed by atoms with van der Waals surface area (Å²) in [6.45, 7) is 5.65. The molecule has 1 atom stereocenters. The summed E-state index contributed by atoms with van der Waals surface area (Å²) >= 11 is 0. The van der Waals surface area contributed by atoms with Crippen molar-refractivity contribution >= 4 is 5.96 Å². The van der Waals surface area contributed by atoms with Gasteiger partial charge in [-0.2, -0.15) is 0 Å². The lowest BCUT2D eigenvalue weighted by Crippen LogP contribution is -2.38. The molecule has 0 saturated heterocycles. The molecule has 0 aliphatic rings. The molecule has 2 N–H and O–H groups in total. The normalized spacial score (nSPS) is 13.0. The van der Waals surface area contributed by atoms with E-state index < -0.39 is 0 Å². The number of aryl methyl sites for hydroxylation is 1. The van der Waals surface area contributed by atoms with Crippen molar-refractivity contribution in [3.8, 4) is 0 Å². The van der Waals surface area contributed by atoms with Crippen molar-refractivity contribution in [2.75, 3.05) is 13.6 Å². The predicted molar refractivity (Wildman–Crippen MR) is 88.9 cm³/mol. The first kappa shape index (κ1) is 16.1. The van der Waals surface area contributed by atoms with E-state index in [1.807, 2.05) is 12.1 Å². The van der Waals surface area contributed by atoms with Gasteiger partial charge in [0.25, 0.3) is 0 Å². The van der Waals surface area contributed by atoms with E-state index in [1.165, 1.54) is 5.56 Å². The molecule has 0 aliphatic heterocycles. The largest absolute Gasteiger partial charge is 0.359 e. The van der Waals surface area contributed by atoms with Gasteiger partial charge in [-0.25, -0.2) is 0 Å². The molecule has 1 aromatic heterocycles. The number of guanidine groups is 1. The molecule has 1 heterocycles. The molecular weight excluding hydrogens is 276 g/mol. The molecule has 5 nitrogen and oxygen atoms in total. The van der Waals surface area contributed by atoms with Gasteiger partial charge in [0.2, 0.25) is 0 Å². The second kappa shape index (κ2) is 8.22. The highest BCUT2D eigenvalue weighted by Crippen LogP contribution is 2.12. The Balaban J connectivity index is 1.80. The quantitative estimate of drug-likeness (QED) is 0.636. The van der Waals surface area contributed by atoms with Crippen LogP contribution in [-0.2, 0) is 13.0 Å². The number of aromatic nitrogens is 1. The number of aliphatic imine (C=N–C) groups is 1. The zero-order chi connectivity index (χ0) is 15.8. The van der Waals surface area contributed by atoms with Gasteiger partial charge in [0.05, 0.1) is 12.2 Å². The Morgan fingerprint density at radius 1 is 1.27 bits per heavy atom. The fraction of sp³-hybridized carbons (Fsp3) is 0.412. The summed E-state index contributed by atoms with van der Waals surface area (Å²) in [7, 11) is 1.76. The number of nitrogens with one attached hydrogen (secondary N) is 2. The Morgan fingerprint density at radius 3 is 2.68 bits per heavy atom. The SMILES string of the molecule is CCc1cc(CNC(=NC)NCC(C)c2ccccc2)on1. The molecule has 5 heteroatoms. The van der Waals surface area contributed by atoms with E-state index >= 15 is 0 Å². The summed E-state index contributed by atoms with van der Waals surface area (Å²) in [4.78, 5) is 4.23. The van der Waals surface area contributed by atoms with E-state index in [-0.39, 0.29) is 0 Å². The van der Waals surface area contributed by atoms with Gasteiger partial charge < -0.3 is 15.2 Å². The third-order valence-corrected chi connectivity index (χ3v) is 3.57. The molecule has 2 rings (SSSR count). The van der Waals surface area contributed by atoms with Crippen molar-refractivity contribution in [3.63, 3.8) is 0 Å². The van der Waals surface area contributed by atoms with Crippen LogP contribution in [0.5, 0.6) is 0 Å². The maximum absolute atomic E-state index is 5.25. The molecular formula is C17H24N4O. The van der Waals surface area contributed by atoms with Crippen LogP contribution in [0, 0.1) is 0 Å². The minimum absolute atomic E-state index is 0.414. The van der Waals surface area contributed by atoms with Gasteiger partial charge in [-0.05, 0) is 17.9 Å². The highest BCUT2D eigenvalue weighted by atomic mass is 16.5. The van der Waals surface area contributed by atoms with Crippen LogP contribution in [0.3, 0.4) is 0 Å². The van der Waals surface area contributed by atoms with E-state index in [0.717, 1.165) is 30.4 Å². The van der Waals surface area contributed by atoms with Crippen molar-refractivity contribution in [2.45, 2.75) is 32.7 Å². The summed E-state index contributed by atoms with van der Waals surface area (Å²) in [5.41, 5.74) is 2.28. The van der Waals surface area contributed by atoms with E-state index in [4.69, 9.17) is 4.52 Å². The minimum Gasteiger partial charge on any atom is -0.359 e. The Bertz CT molecular complexity index is 592. The number of hydrogen-bond donors (Lipinski definition) is 2. The fourth-order valence-electron chi connectivity index (χ4n) is 2.15. The molecule has 1 aromatic carbocycles. The average molecular weight is 300 g/mol. The van der Waals surface area contributed by atoms with Gasteiger partial charge in [0, 0.05) is 19.7 Å². The Hall–Kier alpha value is -2.30. The molecule has 0 spiro atoms. The Morgan fingerprint density at radius 2 is 2.05 bits per heavy atom. The van der Waals surface area contributed by atoms with Gasteiger partial charge in [0.1, 0.15) is 0 Å². The third-order valence-electron chi connectivity index (χ3n) is 3.57. The van der Waals surface area contributed by atoms with Crippen LogP contribution in [0.4, 0.5) is 0 Å². The maximum Gasteiger partial charge on any atom is 0.191 e. The molecule has 0 amide bonds. The molecule has 118 valence electrons. The smallest absolute Gasteiger partial charge is 0.191 e. The Labute approximate surface area is 131 Å². The first-order valence-electron chi connectivity index (χ1n) is 7.66. The van der Waals surface area contributed by atoms with Crippen molar-refractivity contribution in [1.29, 1.82) is 0 Å². The maximum atomic E-state index is 5.25. The molecule has 2 aromatic rings. The Kier molecular flexibility index (Phi) is 6.01. The lowest BCUT2D eigenvalue weighted by atomic mass is 10.0. The monoisotopic (exact) mass is 300 g/mol.